The molecule has 0 aliphatic heterocycles. The molecule has 1 aromatic carbocycles. The molecule has 0 atom stereocenters. The van der Waals surface area contributed by atoms with E-state index >= 15 is 0 Å². The van der Waals surface area contributed by atoms with Gasteiger partial charge in [-0.25, -0.2) is 4.98 Å². The molecule has 0 bridgehead atoms. The molecule has 112 valence electrons. The summed E-state index contributed by atoms with van der Waals surface area (Å²) in [6.45, 7) is -0.0396. The van der Waals surface area contributed by atoms with Gasteiger partial charge >= 0.3 is 11.9 Å². The number of carbonyl (C=O) groups excluding carboxylic acids is 1. The summed E-state index contributed by atoms with van der Waals surface area (Å²) in [6, 6.07) is 5.32. The predicted molar refractivity (Wildman–Crippen MR) is 76.7 cm³/mol. The minimum Gasteiger partial charge on any atom is -0.494 e. The first-order chi connectivity index (χ1) is 10.1. The number of hydrogen-bond acceptors (Lipinski definition) is 6. The van der Waals surface area contributed by atoms with E-state index in [2.05, 4.69) is 9.72 Å². The maximum Gasteiger partial charge on any atom is 0.325 e. The van der Waals surface area contributed by atoms with Crippen LogP contribution in [0.4, 0.5) is 0 Å². The average Bonchev–Trinajstić information content (AvgIpc) is 2.82. The van der Waals surface area contributed by atoms with Gasteiger partial charge in [0.2, 0.25) is 0 Å². The zero-order valence-corrected chi connectivity index (χ0v) is 12.3. The molecular formula is C13H14N2O5S. The standard InChI is InChI=1S/C13H14N2O5S/c1-19-9-5-3-4-8-12(9)14-13(21-7-10(16)17)15(8)6-11(18)20-2/h3-5H,6-7H2,1-2H3,(H,16,17). The number of nitrogens with zero attached hydrogens (tertiary/aromatic N) is 2. The van der Waals surface area contributed by atoms with Gasteiger partial charge < -0.3 is 19.1 Å². The van der Waals surface area contributed by atoms with Crippen LogP contribution in [0.2, 0.25) is 0 Å². The van der Waals surface area contributed by atoms with Crippen LogP contribution in [0.25, 0.3) is 11.0 Å². The molecule has 1 N–H and O–H groups in total. The molecule has 0 saturated carbocycles. The minimum atomic E-state index is -0.955. The lowest BCUT2D eigenvalue weighted by Gasteiger charge is -2.06. The zero-order chi connectivity index (χ0) is 15.4. The molecule has 0 fully saturated rings. The van der Waals surface area contributed by atoms with E-state index in [0.717, 1.165) is 11.8 Å². The van der Waals surface area contributed by atoms with Crippen molar-refractivity contribution in [2.24, 2.45) is 0 Å². The highest BCUT2D eigenvalue weighted by Gasteiger charge is 2.17. The number of fused-ring (bicyclic) bond motifs is 1. The summed E-state index contributed by atoms with van der Waals surface area (Å²) >= 11 is 1.04. The largest absolute Gasteiger partial charge is 0.494 e. The van der Waals surface area contributed by atoms with Gasteiger partial charge in [-0.1, -0.05) is 17.8 Å². The maximum atomic E-state index is 11.5. The van der Waals surface area contributed by atoms with Crippen molar-refractivity contribution in [3.8, 4) is 5.75 Å². The number of carbonyl (C=O) groups is 2. The van der Waals surface area contributed by atoms with Crippen molar-refractivity contribution >= 4 is 34.7 Å². The van der Waals surface area contributed by atoms with Crippen LogP contribution in [-0.2, 0) is 20.9 Å². The lowest BCUT2D eigenvalue weighted by Crippen LogP contribution is -2.13. The number of benzene rings is 1. The normalized spacial score (nSPS) is 10.6. The van der Waals surface area contributed by atoms with E-state index in [1.165, 1.54) is 14.2 Å². The first-order valence-corrected chi connectivity index (χ1v) is 7.00. The predicted octanol–water partition coefficient (Wildman–Crippen LogP) is 1.39. The first-order valence-electron chi connectivity index (χ1n) is 6.01. The second-order valence-electron chi connectivity index (χ2n) is 4.07. The molecule has 0 saturated heterocycles. The van der Waals surface area contributed by atoms with Gasteiger partial charge in [0.15, 0.2) is 5.16 Å². The first kappa shape index (κ1) is 15.2. The smallest absolute Gasteiger partial charge is 0.325 e. The highest BCUT2D eigenvalue weighted by molar-refractivity contribution is 7.99. The van der Waals surface area contributed by atoms with Crippen molar-refractivity contribution in [2.75, 3.05) is 20.0 Å². The zero-order valence-electron chi connectivity index (χ0n) is 11.5. The summed E-state index contributed by atoms with van der Waals surface area (Å²) in [6.07, 6.45) is 0. The van der Waals surface area contributed by atoms with Crippen LogP contribution >= 0.6 is 11.8 Å². The van der Waals surface area contributed by atoms with Gasteiger partial charge in [-0.15, -0.1) is 0 Å². The Morgan fingerprint density at radius 1 is 1.38 bits per heavy atom. The number of rotatable bonds is 6. The fourth-order valence-electron chi connectivity index (χ4n) is 1.85. The van der Waals surface area contributed by atoms with E-state index in [4.69, 9.17) is 9.84 Å². The number of carboxylic acids is 1. The molecule has 1 heterocycles. The van der Waals surface area contributed by atoms with Gasteiger partial charge in [0.25, 0.3) is 0 Å². The highest BCUT2D eigenvalue weighted by atomic mass is 32.2. The van der Waals surface area contributed by atoms with Gasteiger partial charge in [-0.05, 0) is 12.1 Å². The summed E-state index contributed by atoms with van der Waals surface area (Å²) in [5.74, 6) is -0.974. The molecule has 0 amide bonds. The fourth-order valence-corrected chi connectivity index (χ4v) is 2.57. The van der Waals surface area contributed by atoms with Gasteiger partial charge in [-0.3, -0.25) is 9.59 Å². The van der Waals surface area contributed by atoms with Gasteiger partial charge in [0.05, 0.1) is 25.5 Å². The molecule has 0 aliphatic carbocycles. The van der Waals surface area contributed by atoms with Crippen molar-refractivity contribution in [1.29, 1.82) is 0 Å². The monoisotopic (exact) mass is 310 g/mol. The number of ether oxygens (including phenoxy) is 2. The summed E-state index contributed by atoms with van der Waals surface area (Å²) in [4.78, 5) is 26.6. The summed E-state index contributed by atoms with van der Waals surface area (Å²) in [7, 11) is 2.82. The summed E-state index contributed by atoms with van der Waals surface area (Å²) in [5, 5.41) is 9.23. The minimum absolute atomic E-state index is 0.0396. The molecule has 2 aromatic rings. The summed E-state index contributed by atoms with van der Waals surface area (Å²) < 4.78 is 11.5. The van der Waals surface area contributed by atoms with Crippen molar-refractivity contribution < 1.29 is 24.2 Å². The van der Waals surface area contributed by atoms with Gasteiger partial charge in [0, 0.05) is 0 Å². The third kappa shape index (κ3) is 3.27. The molecule has 0 spiro atoms. The fraction of sp³-hybridized carbons (Fsp3) is 0.308. The number of para-hydroxylation sites is 1. The van der Waals surface area contributed by atoms with Crippen LogP contribution in [0.3, 0.4) is 0 Å². The Balaban J connectivity index is 2.50. The third-order valence-electron chi connectivity index (χ3n) is 2.77. The molecule has 21 heavy (non-hydrogen) atoms. The number of carboxylic acid groups (broad SMARTS) is 1. The van der Waals surface area contributed by atoms with Crippen LogP contribution in [-0.4, -0.2) is 46.6 Å². The van der Waals surface area contributed by atoms with E-state index in [-0.39, 0.29) is 12.3 Å². The maximum absolute atomic E-state index is 11.5. The van der Waals surface area contributed by atoms with E-state index < -0.39 is 11.9 Å². The number of methoxy groups -OCH3 is 2. The second-order valence-corrected chi connectivity index (χ2v) is 5.01. The van der Waals surface area contributed by atoms with Gasteiger partial charge in [-0.2, -0.15) is 0 Å². The Morgan fingerprint density at radius 3 is 2.76 bits per heavy atom. The van der Waals surface area contributed by atoms with Crippen LogP contribution in [0.1, 0.15) is 0 Å². The molecule has 2 rings (SSSR count). The molecule has 7 nitrogen and oxygen atoms in total. The average molecular weight is 310 g/mol. The molecule has 0 radical (unpaired) electrons. The number of thioether (sulfide) groups is 1. The number of aliphatic carboxylic acids is 1. The Hall–Kier alpha value is -2.22. The Morgan fingerprint density at radius 2 is 2.14 bits per heavy atom. The number of aromatic nitrogens is 2. The topological polar surface area (TPSA) is 90.7 Å². The third-order valence-corrected chi connectivity index (χ3v) is 3.73. The molecule has 0 aliphatic rings. The number of imidazole rings is 1. The van der Waals surface area contributed by atoms with E-state index in [1.807, 2.05) is 0 Å². The molecule has 1 aromatic heterocycles. The van der Waals surface area contributed by atoms with Crippen molar-refractivity contribution in [3.05, 3.63) is 18.2 Å². The number of esters is 1. The van der Waals surface area contributed by atoms with Crippen molar-refractivity contribution in [1.82, 2.24) is 9.55 Å². The quantitative estimate of drug-likeness (QED) is 0.637. The second kappa shape index (κ2) is 6.49. The molecular weight excluding hydrogens is 296 g/mol. The van der Waals surface area contributed by atoms with Crippen LogP contribution in [0.15, 0.2) is 23.4 Å². The molecule has 8 heteroatoms. The number of hydrogen-bond donors (Lipinski definition) is 1. The van der Waals surface area contributed by atoms with Crippen LogP contribution in [0, 0.1) is 0 Å². The lowest BCUT2D eigenvalue weighted by molar-refractivity contribution is -0.141. The summed E-state index contributed by atoms with van der Waals surface area (Å²) in [5.41, 5.74) is 1.27. The van der Waals surface area contributed by atoms with E-state index in [1.54, 1.807) is 22.8 Å². The Labute approximate surface area is 124 Å². The van der Waals surface area contributed by atoms with Crippen LogP contribution < -0.4 is 4.74 Å². The van der Waals surface area contributed by atoms with E-state index in [9.17, 15) is 9.59 Å². The van der Waals surface area contributed by atoms with E-state index in [0.29, 0.717) is 21.9 Å². The lowest BCUT2D eigenvalue weighted by atomic mass is 10.3. The molecule has 0 unspecified atom stereocenters. The van der Waals surface area contributed by atoms with Gasteiger partial charge in [0.1, 0.15) is 17.8 Å². The van der Waals surface area contributed by atoms with Crippen LogP contribution in [0.5, 0.6) is 5.75 Å². The Bertz CT molecular complexity index is 682. The SMILES string of the molecule is COC(=O)Cn1c(SCC(=O)O)nc2c(OC)cccc21. The van der Waals surface area contributed by atoms with Crippen molar-refractivity contribution in [3.63, 3.8) is 0 Å². The highest BCUT2D eigenvalue weighted by Crippen LogP contribution is 2.29. The van der Waals surface area contributed by atoms with Crippen molar-refractivity contribution in [2.45, 2.75) is 11.7 Å². The Kier molecular flexibility index (Phi) is 4.69.